The number of hydrogen-bond donors (Lipinski definition) is 1. The molecule has 2 aromatic rings. The van der Waals surface area contributed by atoms with Crippen LogP contribution in [0.3, 0.4) is 0 Å². The monoisotopic (exact) mass is 371 g/mol. The van der Waals surface area contributed by atoms with E-state index in [4.69, 9.17) is 14.6 Å². The first-order valence-corrected chi connectivity index (χ1v) is 9.10. The Hall–Kier alpha value is -2.60. The molecule has 0 saturated carbocycles. The molecule has 0 aliphatic carbocycles. The molecule has 0 aromatic heterocycles. The van der Waals surface area contributed by atoms with E-state index in [2.05, 4.69) is 4.90 Å². The summed E-state index contributed by atoms with van der Waals surface area (Å²) < 4.78 is 25.6. The van der Waals surface area contributed by atoms with E-state index in [-0.39, 0.29) is 24.4 Å². The van der Waals surface area contributed by atoms with Crippen LogP contribution in [0, 0.1) is 18.7 Å². The van der Waals surface area contributed by atoms with Gasteiger partial charge in [0.2, 0.25) is 0 Å². The SMILES string of the molecule is Cc1cccc(F)c1COc1ccc2c(c1)OCC(N1CC(C(=O)O)C1)C2. The molecule has 1 unspecified atom stereocenters. The van der Waals surface area contributed by atoms with Crippen LogP contribution in [0.2, 0.25) is 0 Å². The topological polar surface area (TPSA) is 59.0 Å². The zero-order valence-electron chi connectivity index (χ0n) is 15.2. The van der Waals surface area contributed by atoms with Crippen molar-refractivity contribution in [2.75, 3.05) is 19.7 Å². The Morgan fingerprint density at radius 3 is 2.89 bits per heavy atom. The number of halogens is 1. The number of carboxylic acid groups (broad SMARTS) is 1. The average Bonchev–Trinajstić information content (AvgIpc) is 2.59. The van der Waals surface area contributed by atoms with Gasteiger partial charge >= 0.3 is 5.97 Å². The van der Waals surface area contributed by atoms with Gasteiger partial charge < -0.3 is 14.6 Å². The first kappa shape index (κ1) is 17.8. The number of aryl methyl sites for hydroxylation is 1. The summed E-state index contributed by atoms with van der Waals surface area (Å²) in [7, 11) is 0. The maximum Gasteiger partial charge on any atom is 0.309 e. The molecule has 2 heterocycles. The molecule has 2 aromatic carbocycles. The van der Waals surface area contributed by atoms with Crippen molar-refractivity contribution in [2.24, 2.45) is 5.92 Å². The van der Waals surface area contributed by atoms with Gasteiger partial charge in [-0.25, -0.2) is 4.39 Å². The van der Waals surface area contributed by atoms with E-state index in [1.807, 2.05) is 31.2 Å². The number of likely N-dealkylation sites (tertiary alicyclic amines) is 1. The summed E-state index contributed by atoms with van der Waals surface area (Å²) in [6.45, 7) is 3.74. The number of benzene rings is 2. The van der Waals surface area contributed by atoms with Crippen LogP contribution in [0.1, 0.15) is 16.7 Å². The van der Waals surface area contributed by atoms with Crippen LogP contribution in [0.25, 0.3) is 0 Å². The molecular formula is C21H22FNO4. The second-order valence-corrected chi connectivity index (χ2v) is 7.25. The molecule has 1 fully saturated rings. The zero-order chi connectivity index (χ0) is 19.0. The fraction of sp³-hybridized carbons (Fsp3) is 0.381. The van der Waals surface area contributed by atoms with Gasteiger partial charge in [-0.1, -0.05) is 18.2 Å². The lowest BCUT2D eigenvalue weighted by Crippen LogP contribution is -2.57. The maximum absolute atomic E-state index is 13.9. The van der Waals surface area contributed by atoms with Gasteiger partial charge in [-0.2, -0.15) is 0 Å². The van der Waals surface area contributed by atoms with Crippen molar-refractivity contribution in [3.8, 4) is 11.5 Å². The molecule has 0 bridgehead atoms. The average molecular weight is 371 g/mol. The lowest BCUT2D eigenvalue weighted by atomic mass is 9.93. The van der Waals surface area contributed by atoms with E-state index in [0.717, 1.165) is 23.3 Å². The number of carbonyl (C=O) groups is 1. The predicted molar refractivity (Wildman–Crippen MR) is 97.6 cm³/mol. The van der Waals surface area contributed by atoms with E-state index in [0.29, 0.717) is 31.0 Å². The van der Waals surface area contributed by atoms with Crippen LogP contribution in [0.15, 0.2) is 36.4 Å². The number of hydrogen-bond acceptors (Lipinski definition) is 4. The Morgan fingerprint density at radius 1 is 1.33 bits per heavy atom. The molecule has 1 N–H and O–H groups in total. The summed E-state index contributed by atoms with van der Waals surface area (Å²) in [6.07, 6.45) is 0.828. The summed E-state index contributed by atoms with van der Waals surface area (Å²) in [5, 5.41) is 9.01. The third-order valence-electron chi connectivity index (χ3n) is 5.44. The van der Waals surface area contributed by atoms with E-state index in [1.54, 1.807) is 6.07 Å². The van der Waals surface area contributed by atoms with Crippen molar-refractivity contribution in [3.63, 3.8) is 0 Å². The van der Waals surface area contributed by atoms with E-state index >= 15 is 0 Å². The Bertz CT molecular complexity index is 843. The molecule has 4 rings (SSSR count). The van der Waals surface area contributed by atoms with E-state index < -0.39 is 5.97 Å². The Labute approximate surface area is 157 Å². The van der Waals surface area contributed by atoms with Crippen molar-refractivity contribution < 1.29 is 23.8 Å². The molecule has 2 aliphatic heterocycles. The normalized spacial score (nSPS) is 19.7. The number of aliphatic carboxylic acids is 1. The zero-order valence-corrected chi connectivity index (χ0v) is 15.2. The highest BCUT2D eigenvalue weighted by atomic mass is 19.1. The molecule has 1 saturated heterocycles. The Morgan fingerprint density at radius 2 is 2.15 bits per heavy atom. The molecule has 6 heteroatoms. The minimum absolute atomic E-state index is 0.171. The molecule has 142 valence electrons. The fourth-order valence-corrected chi connectivity index (χ4v) is 3.63. The minimum atomic E-state index is -0.727. The number of carboxylic acids is 1. The number of nitrogens with zero attached hydrogens (tertiary/aromatic N) is 1. The maximum atomic E-state index is 13.9. The largest absolute Gasteiger partial charge is 0.492 e. The van der Waals surface area contributed by atoms with Gasteiger partial charge in [-0.05, 0) is 36.6 Å². The molecule has 0 amide bonds. The number of fused-ring (bicyclic) bond motifs is 1. The standard InChI is InChI=1S/C21H22FNO4/c1-13-3-2-4-19(22)18(13)12-26-17-6-5-14-7-16(11-27-20(14)8-17)23-9-15(10-23)21(24)25/h2-6,8,15-16H,7,9-12H2,1H3,(H,24,25). The molecule has 2 aliphatic rings. The van der Waals surface area contributed by atoms with Gasteiger partial charge in [-0.15, -0.1) is 0 Å². The Kier molecular flexibility index (Phi) is 4.74. The first-order chi connectivity index (χ1) is 13.0. The smallest absolute Gasteiger partial charge is 0.309 e. The highest BCUT2D eigenvalue weighted by Crippen LogP contribution is 2.33. The lowest BCUT2D eigenvalue weighted by Gasteiger charge is -2.43. The highest BCUT2D eigenvalue weighted by molar-refractivity contribution is 5.71. The summed E-state index contributed by atoms with van der Waals surface area (Å²) in [5.74, 6) is 0.176. The van der Waals surface area contributed by atoms with Gasteiger partial charge in [0.05, 0.1) is 5.92 Å². The van der Waals surface area contributed by atoms with Crippen LogP contribution in [0.4, 0.5) is 4.39 Å². The van der Waals surface area contributed by atoms with Crippen molar-refractivity contribution in [1.29, 1.82) is 0 Å². The molecule has 1 atom stereocenters. The minimum Gasteiger partial charge on any atom is -0.492 e. The van der Waals surface area contributed by atoms with Crippen LogP contribution < -0.4 is 9.47 Å². The number of rotatable bonds is 5. The molecular weight excluding hydrogens is 349 g/mol. The second-order valence-electron chi connectivity index (χ2n) is 7.25. The molecule has 0 radical (unpaired) electrons. The van der Waals surface area contributed by atoms with Gasteiger partial charge in [-0.3, -0.25) is 9.69 Å². The van der Waals surface area contributed by atoms with Crippen molar-refractivity contribution in [2.45, 2.75) is 26.0 Å². The molecule has 27 heavy (non-hydrogen) atoms. The molecule has 0 spiro atoms. The predicted octanol–water partition coefficient (Wildman–Crippen LogP) is 3.03. The Balaban J connectivity index is 1.38. The summed E-state index contributed by atoms with van der Waals surface area (Å²) >= 11 is 0. The van der Waals surface area contributed by atoms with E-state index in [1.165, 1.54) is 6.07 Å². The number of ether oxygens (including phenoxy) is 2. The first-order valence-electron chi connectivity index (χ1n) is 9.10. The van der Waals surface area contributed by atoms with Crippen molar-refractivity contribution >= 4 is 5.97 Å². The molecule has 5 nitrogen and oxygen atoms in total. The lowest BCUT2D eigenvalue weighted by molar-refractivity contribution is -0.149. The quantitative estimate of drug-likeness (QED) is 0.876. The third kappa shape index (κ3) is 3.62. The van der Waals surface area contributed by atoms with Crippen LogP contribution >= 0.6 is 0 Å². The van der Waals surface area contributed by atoms with Crippen LogP contribution in [-0.4, -0.2) is 41.7 Å². The van der Waals surface area contributed by atoms with Gasteiger partial charge in [0, 0.05) is 30.8 Å². The summed E-state index contributed by atoms with van der Waals surface area (Å²) in [4.78, 5) is 13.1. The highest BCUT2D eigenvalue weighted by Gasteiger charge is 2.38. The van der Waals surface area contributed by atoms with Crippen LogP contribution in [0.5, 0.6) is 11.5 Å². The summed E-state index contributed by atoms with van der Waals surface area (Å²) in [6, 6.07) is 10.9. The third-order valence-corrected chi connectivity index (χ3v) is 5.44. The summed E-state index contributed by atoms with van der Waals surface area (Å²) in [5.41, 5.74) is 2.50. The fourth-order valence-electron chi connectivity index (χ4n) is 3.63. The second kappa shape index (κ2) is 7.19. The van der Waals surface area contributed by atoms with E-state index in [9.17, 15) is 9.18 Å². The van der Waals surface area contributed by atoms with Crippen molar-refractivity contribution in [3.05, 3.63) is 58.9 Å². The van der Waals surface area contributed by atoms with Crippen LogP contribution in [-0.2, 0) is 17.8 Å². The van der Waals surface area contributed by atoms with Gasteiger partial charge in [0.25, 0.3) is 0 Å². The van der Waals surface area contributed by atoms with Gasteiger partial charge in [0.1, 0.15) is 30.5 Å². The van der Waals surface area contributed by atoms with Crippen molar-refractivity contribution in [1.82, 2.24) is 4.90 Å². The van der Waals surface area contributed by atoms with Gasteiger partial charge in [0.15, 0.2) is 0 Å².